The Morgan fingerprint density at radius 2 is 1.60 bits per heavy atom. The molecule has 0 bridgehead atoms. The number of epoxide rings is 1. The van der Waals surface area contributed by atoms with Crippen molar-refractivity contribution in [2.24, 2.45) is 0 Å². The molecule has 3 heteroatoms. The van der Waals surface area contributed by atoms with Gasteiger partial charge in [-0.2, -0.15) is 6.61 Å². The van der Waals surface area contributed by atoms with Crippen LogP contribution in [0.25, 0.3) is 0 Å². The molecule has 1 aliphatic heterocycles. The molecule has 1 nitrogen and oxygen atoms in total. The Bertz CT molecular complexity index is 12.4. The fourth-order valence-electron chi connectivity index (χ4n) is 0. The molecule has 0 saturated carbocycles. The van der Waals surface area contributed by atoms with Gasteiger partial charge in [-0.25, -0.2) is 0 Å². The topological polar surface area (TPSA) is 12.5 Å². The van der Waals surface area contributed by atoms with Crippen LogP contribution in [0.3, 0.4) is 0 Å². The van der Waals surface area contributed by atoms with Gasteiger partial charge in [0.1, 0.15) is 0 Å². The van der Waals surface area contributed by atoms with E-state index in [0.717, 1.165) is 6.61 Å². The minimum atomic E-state index is 0. The zero-order valence-electron chi connectivity index (χ0n) is 3.11. The molecule has 1 fully saturated rings. The molecule has 0 unspecified atom stereocenters. The standard InChI is InChI=1S/C2H3O.2Rf/c1-2-3-1;;/h1H,2H2;;/q-1;;. The summed E-state index contributed by atoms with van der Waals surface area (Å²) in [5.74, 6) is 0. The van der Waals surface area contributed by atoms with Crippen LogP contribution in [-0.4, -0.2) is 6.61 Å². The van der Waals surface area contributed by atoms with Crippen molar-refractivity contribution >= 4 is 0 Å². The number of ether oxygens (including phenoxy) is 1. The largest absolute Gasteiger partial charge is 0.574 e. The Morgan fingerprint density at radius 1 is 1.40 bits per heavy atom. The zero-order valence-corrected chi connectivity index (χ0v) is 15.9. The predicted molar refractivity (Wildman–Crippen MR) is 10.3 cm³/mol. The Morgan fingerprint density at radius 3 is 1.60 bits per heavy atom. The van der Waals surface area contributed by atoms with Gasteiger partial charge in [-0.15, -0.1) is 0 Å². The number of rotatable bonds is 0. The van der Waals surface area contributed by atoms with Crippen LogP contribution >= 0.6 is 0 Å². The smallest absolute Gasteiger partial charge is 0 e. The van der Waals surface area contributed by atoms with E-state index < -0.39 is 0 Å². The van der Waals surface area contributed by atoms with E-state index in [-0.39, 0.29) is 0 Å². The second kappa shape index (κ2) is 1.96. The average molecular weight is 577 g/mol. The molecule has 0 N–H and O–H groups in total. The van der Waals surface area contributed by atoms with Gasteiger partial charge in [-0.1, -0.05) is 6.61 Å². The summed E-state index contributed by atoms with van der Waals surface area (Å²) in [6.07, 6.45) is 0. The second-order valence-electron chi connectivity index (χ2n) is 0.500. The third kappa shape index (κ3) is 0.00290. The van der Waals surface area contributed by atoms with Crippen molar-refractivity contribution in [2.45, 2.75) is 0 Å². The molecule has 1 heterocycles. The molecule has 1 aliphatic rings. The molecule has 0 aliphatic carbocycles. The summed E-state index contributed by atoms with van der Waals surface area (Å²) in [5, 5.41) is 0. The van der Waals surface area contributed by atoms with Crippen LogP contribution in [0.2, 0.25) is 0 Å². The van der Waals surface area contributed by atoms with Crippen LogP contribution in [0.15, 0.2) is 0 Å². The van der Waals surface area contributed by atoms with Crippen molar-refractivity contribution in [2.75, 3.05) is 6.61 Å². The van der Waals surface area contributed by atoms with Gasteiger partial charge in [0.15, 0.2) is 0 Å². The Kier molecular flexibility index (Phi) is 4.84. The van der Waals surface area contributed by atoms with Crippen molar-refractivity contribution in [3.8, 4) is 0 Å². The molecule has 0 aromatic rings. The van der Waals surface area contributed by atoms with Crippen LogP contribution in [0, 0.1) is 6.61 Å². The summed E-state index contributed by atoms with van der Waals surface area (Å²) < 4.78 is 4.38. The number of hydrogen-bond acceptors (Lipinski definition) is 1. The molecule has 5 heavy (non-hydrogen) atoms. The molecule has 1 rings (SSSR count). The van der Waals surface area contributed by atoms with Crippen molar-refractivity contribution in [3.63, 3.8) is 0 Å². The van der Waals surface area contributed by atoms with Gasteiger partial charge in [-0.3, -0.25) is 0 Å². The minimum absolute atomic E-state index is 0. The molecular formula is C2H3ORf2-. The van der Waals surface area contributed by atoms with Gasteiger partial charge in [0.25, 0.3) is 0 Å². The van der Waals surface area contributed by atoms with Crippen LogP contribution in [0.1, 0.15) is 0 Å². The molecule has 0 aromatic heterocycles. The molecule has 22 valence electrons. The van der Waals surface area contributed by atoms with Gasteiger partial charge in [0, 0.05) is 0 Å². The molecule has 0 amide bonds. The van der Waals surface area contributed by atoms with E-state index in [2.05, 4.69) is 4.74 Å². The summed E-state index contributed by atoms with van der Waals surface area (Å²) in [5.41, 5.74) is 0. The average Bonchev–Trinajstić information content (AvgIpc) is 1.46. The van der Waals surface area contributed by atoms with Crippen LogP contribution in [-0.2, 0) is 4.74 Å². The van der Waals surface area contributed by atoms with Gasteiger partial charge in [0.05, 0.1) is 0 Å². The van der Waals surface area contributed by atoms with Crippen molar-refractivity contribution in [1.82, 2.24) is 0 Å². The normalized spacial score (nSPS) is 14.4. The zero-order chi connectivity index (χ0) is 2.12. The monoisotopic (exact) mass is 577 g/mol. The summed E-state index contributed by atoms with van der Waals surface area (Å²) in [4.78, 5) is 0. The first kappa shape index (κ1) is 12.3. The Labute approximate surface area is 19.2 Å². The second-order valence-corrected chi connectivity index (χ2v) is 0.500. The Balaban J connectivity index is 0. The Hall–Kier alpha value is -2.04. The quantitative estimate of drug-likeness (QED) is 0.296. The first-order chi connectivity index (χ1) is 1.50. The van der Waals surface area contributed by atoms with Gasteiger partial charge in [-0.05, 0) is 0 Å². The molecule has 1 saturated heterocycles. The fourth-order valence-corrected chi connectivity index (χ4v) is 0. The van der Waals surface area contributed by atoms with E-state index in [9.17, 15) is 0 Å². The molecule has 0 radical (unpaired) electrons. The predicted octanol–water partition coefficient (Wildman–Crippen LogP) is 0.178. The van der Waals surface area contributed by atoms with Crippen molar-refractivity contribution in [1.29, 1.82) is 0 Å². The maximum Gasteiger partial charge on any atom is 0 e. The van der Waals surface area contributed by atoms with Crippen molar-refractivity contribution < 1.29 is 4.74 Å². The van der Waals surface area contributed by atoms with E-state index in [1.54, 1.807) is 6.61 Å². The SMILES string of the molecule is [CH-]1CO1.[Rf].[Rf]. The molecular weight excluding hydrogens is 574 g/mol. The van der Waals surface area contributed by atoms with E-state index in [1.807, 2.05) is 0 Å². The summed E-state index contributed by atoms with van der Waals surface area (Å²) in [6.45, 7) is 2.62. The maximum atomic E-state index is 4.38. The van der Waals surface area contributed by atoms with Crippen LogP contribution < -0.4 is 0 Å². The summed E-state index contributed by atoms with van der Waals surface area (Å²) >= 11 is 0. The first-order valence-electron chi connectivity index (χ1n) is 0.933. The van der Waals surface area contributed by atoms with Crippen LogP contribution in [0.5, 0.6) is 0 Å². The van der Waals surface area contributed by atoms with Gasteiger partial charge >= 0.3 is 0 Å². The van der Waals surface area contributed by atoms with E-state index >= 15 is 0 Å². The third-order valence-corrected chi connectivity index (χ3v) is 0.167. The van der Waals surface area contributed by atoms with Crippen molar-refractivity contribution in [3.05, 3.63) is 6.61 Å². The molecule has 0 spiro atoms. The van der Waals surface area contributed by atoms with Crippen LogP contribution in [0.4, 0.5) is 0 Å². The molecule has 0 atom stereocenters. The van der Waals surface area contributed by atoms with E-state index in [1.165, 1.54) is 0 Å². The summed E-state index contributed by atoms with van der Waals surface area (Å²) in [6, 6.07) is 0. The maximum absolute atomic E-state index is 4.38. The van der Waals surface area contributed by atoms with E-state index in [0.29, 0.717) is 0 Å². The van der Waals surface area contributed by atoms with Gasteiger partial charge < -0.3 is 4.74 Å². The first-order valence-corrected chi connectivity index (χ1v) is 0.933. The fraction of sp³-hybridized carbons (Fsp3) is 0.500. The number of hydrogen-bond donors (Lipinski definition) is 0. The third-order valence-electron chi connectivity index (χ3n) is 0.167. The molecule has 0 aromatic carbocycles. The minimum Gasteiger partial charge on any atom is -0.574 e. The van der Waals surface area contributed by atoms with E-state index in [4.69, 9.17) is 0 Å². The van der Waals surface area contributed by atoms with Gasteiger partial charge in [0.2, 0.25) is 0 Å². The summed E-state index contributed by atoms with van der Waals surface area (Å²) in [7, 11) is 0.